The van der Waals surface area contributed by atoms with E-state index in [1.165, 1.54) is 16.4 Å². The Balaban J connectivity index is 1.76. The molecule has 0 amide bonds. The van der Waals surface area contributed by atoms with Crippen molar-refractivity contribution in [1.29, 1.82) is 5.26 Å². The average molecular weight is 433 g/mol. The molecular weight excluding hydrogens is 408 g/mol. The average Bonchev–Trinajstić information content (AvgIpc) is 2.69. The molecule has 29 heavy (non-hydrogen) atoms. The molecule has 0 N–H and O–H groups in total. The lowest BCUT2D eigenvalue weighted by atomic mass is 9.95. The van der Waals surface area contributed by atoms with Gasteiger partial charge in [0, 0.05) is 13.1 Å². The van der Waals surface area contributed by atoms with Crippen molar-refractivity contribution in [3.8, 4) is 6.07 Å². The third-order valence-electron chi connectivity index (χ3n) is 5.40. The van der Waals surface area contributed by atoms with Crippen molar-refractivity contribution in [2.75, 3.05) is 13.1 Å². The van der Waals surface area contributed by atoms with E-state index in [1.807, 2.05) is 19.9 Å². The molecule has 1 aliphatic rings. The normalized spacial score (nSPS) is 17.6. The van der Waals surface area contributed by atoms with Gasteiger partial charge in [0.1, 0.15) is 0 Å². The number of rotatable bonds is 5. The van der Waals surface area contributed by atoms with E-state index >= 15 is 0 Å². The highest BCUT2D eigenvalue weighted by atomic mass is 32.2. The molecule has 3 rings (SSSR count). The summed E-state index contributed by atoms with van der Waals surface area (Å²) in [6.45, 7) is 4.14. The van der Waals surface area contributed by atoms with E-state index in [2.05, 4.69) is 0 Å². The smallest absolute Gasteiger partial charge is 0.222 e. The van der Waals surface area contributed by atoms with E-state index in [9.17, 15) is 22.1 Å². The maximum atomic E-state index is 13.0. The summed E-state index contributed by atoms with van der Waals surface area (Å²) in [5.41, 5.74) is 1.91. The zero-order valence-electron chi connectivity index (χ0n) is 16.4. The standard InChI is InChI=1S/C21H24N2O4S2/c1-16-3-7-19(8-4-16)28(24,25)21(15-22)18-11-13-23(14-12-18)29(26,27)20-9-5-17(2)6-10-20/h3-10,18,21H,11-14H2,1-2H3. The molecule has 0 aliphatic carbocycles. The number of sulfonamides is 1. The van der Waals surface area contributed by atoms with E-state index in [0.29, 0.717) is 12.8 Å². The molecule has 1 aliphatic heterocycles. The van der Waals surface area contributed by atoms with Crippen LogP contribution in [0.1, 0.15) is 24.0 Å². The Morgan fingerprint density at radius 3 is 1.76 bits per heavy atom. The fourth-order valence-corrected chi connectivity index (χ4v) is 6.78. The van der Waals surface area contributed by atoms with Gasteiger partial charge >= 0.3 is 0 Å². The van der Waals surface area contributed by atoms with E-state index in [-0.39, 0.29) is 22.9 Å². The number of piperidine rings is 1. The van der Waals surface area contributed by atoms with Gasteiger partial charge in [-0.25, -0.2) is 16.8 Å². The molecule has 1 unspecified atom stereocenters. The quantitative estimate of drug-likeness (QED) is 0.724. The summed E-state index contributed by atoms with van der Waals surface area (Å²) < 4.78 is 53.0. The lowest BCUT2D eigenvalue weighted by Gasteiger charge is -2.33. The van der Waals surface area contributed by atoms with Crippen LogP contribution in [0, 0.1) is 31.1 Å². The van der Waals surface area contributed by atoms with Gasteiger partial charge in [0.25, 0.3) is 0 Å². The van der Waals surface area contributed by atoms with Gasteiger partial charge in [-0.1, -0.05) is 35.4 Å². The number of benzene rings is 2. The molecule has 1 atom stereocenters. The van der Waals surface area contributed by atoms with E-state index in [0.717, 1.165) is 11.1 Å². The van der Waals surface area contributed by atoms with Crippen LogP contribution in [0.15, 0.2) is 58.3 Å². The third kappa shape index (κ3) is 4.37. The second kappa shape index (κ2) is 8.27. The predicted molar refractivity (Wildman–Crippen MR) is 110 cm³/mol. The molecule has 0 aromatic heterocycles. The van der Waals surface area contributed by atoms with E-state index in [4.69, 9.17) is 0 Å². The van der Waals surface area contributed by atoms with E-state index < -0.39 is 31.0 Å². The number of sulfone groups is 1. The third-order valence-corrected chi connectivity index (χ3v) is 9.40. The van der Waals surface area contributed by atoms with Gasteiger partial charge in [0.05, 0.1) is 15.9 Å². The van der Waals surface area contributed by atoms with Crippen molar-refractivity contribution < 1.29 is 16.8 Å². The minimum atomic E-state index is -3.81. The van der Waals surface area contributed by atoms with Crippen LogP contribution in [0.4, 0.5) is 0 Å². The summed E-state index contributed by atoms with van der Waals surface area (Å²) in [4.78, 5) is 0.356. The van der Waals surface area contributed by atoms with Crippen LogP contribution in [-0.2, 0) is 19.9 Å². The number of hydrogen-bond donors (Lipinski definition) is 0. The number of nitriles is 1. The van der Waals surface area contributed by atoms with Gasteiger partial charge in [-0.2, -0.15) is 9.57 Å². The number of nitrogens with zero attached hydrogens (tertiary/aromatic N) is 2. The van der Waals surface area contributed by atoms with Crippen LogP contribution in [0.5, 0.6) is 0 Å². The van der Waals surface area contributed by atoms with Crippen LogP contribution < -0.4 is 0 Å². The van der Waals surface area contributed by atoms with Crippen molar-refractivity contribution in [3.05, 3.63) is 59.7 Å². The summed E-state index contributed by atoms with van der Waals surface area (Å²) >= 11 is 0. The van der Waals surface area contributed by atoms with Crippen LogP contribution in [-0.4, -0.2) is 39.5 Å². The van der Waals surface area contributed by atoms with Gasteiger partial charge in [-0.3, -0.25) is 0 Å². The molecule has 8 heteroatoms. The molecule has 0 bridgehead atoms. The Hall–Kier alpha value is -2.21. The molecular formula is C21H24N2O4S2. The Morgan fingerprint density at radius 1 is 0.862 bits per heavy atom. The van der Waals surface area contributed by atoms with Crippen LogP contribution in [0.25, 0.3) is 0 Å². The molecule has 2 aromatic carbocycles. The molecule has 0 spiro atoms. The van der Waals surface area contributed by atoms with Gasteiger partial charge in [0.15, 0.2) is 15.1 Å². The van der Waals surface area contributed by atoms with Crippen LogP contribution in [0.3, 0.4) is 0 Å². The first-order valence-corrected chi connectivity index (χ1v) is 12.4. The minimum Gasteiger partial charge on any atom is -0.222 e. The highest BCUT2D eigenvalue weighted by molar-refractivity contribution is 7.92. The Kier molecular flexibility index (Phi) is 6.13. The monoisotopic (exact) mass is 432 g/mol. The second-order valence-corrected chi connectivity index (χ2v) is 11.5. The first-order valence-electron chi connectivity index (χ1n) is 9.43. The minimum absolute atomic E-state index is 0.129. The predicted octanol–water partition coefficient (Wildman–Crippen LogP) is 3.07. The molecule has 0 saturated carbocycles. The van der Waals surface area contributed by atoms with Crippen molar-refractivity contribution >= 4 is 19.9 Å². The van der Waals surface area contributed by atoms with Crippen molar-refractivity contribution in [2.24, 2.45) is 5.92 Å². The fourth-order valence-electron chi connectivity index (χ4n) is 3.58. The van der Waals surface area contributed by atoms with Gasteiger partial charge in [0.2, 0.25) is 10.0 Å². The van der Waals surface area contributed by atoms with Gasteiger partial charge in [-0.15, -0.1) is 0 Å². The first-order chi connectivity index (χ1) is 13.7. The Labute approximate surface area is 172 Å². The number of aryl methyl sites for hydroxylation is 2. The van der Waals surface area contributed by atoms with Crippen LogP contribution >= 0.6 is 0 Å². The van der Waals surface area contributed by atoms with Crippen molar-refractivity contribution in [2.45, 2.75) is 41.7 Å². The molecule has 6 nitrogen and oxygen atoms in total. The van der Waals surface area contributed by atoms with Crippen molar-refractivity contribution in [1.82, 2.24) is 4.31 Å². The summed E-state index contributed by atoms with van der Waals surface area (Å²) in [6, 6.07) is 15.1. The topological polar surface area (TPSA) is 95.3 Å². The number of hydrogen-bond acceptors (Lipinski definition) is 5. The largest absolute Gasteiger partial charge is 0.243 e. The molecule has 2 aromatic rings. The Bertz CT molecular complexity index is 1110. The zero-order chi connectivity index (χ0) is 21.2. The maximum absolute atomic E-state index is 13.0. The lowest BCUT2D eigenvalue weighted by Crippen LogP contribution is -2.42. The van der Waals surface area contributed by atoms with Crippen molar-refractivity contribution in [3.63, 3.8) is 0 Å². The second-order valence-electron chi connectivity index (χ2n) is 7.46. The molecule has 1 saturated heterocycles. The highest BCUT2D eigenvalue weighted by Crippen LogP contribution is 2.31. The van der Waals surface area contributed by atoms with E-state index in [1.54, 1.807) is 36.4 Å². The maximum Gasteiger partial charge on any atom is 0.243 e. The SMILES string of the molecule is Cc1ccc(S(=O)(=O)C(C#N)C2CCN(S(=O)(=O)c3ccc(C)cc3)CC2)cc1. The molecule has 154 valence electrons. The van der Waals surface area contributed by atoms with Gasteiger partial charge < -0.3 is 0 Å². The summed E-state index contributed by atoms with van der Waals surface area (Å²) in [5, 5.41) is 8.41. The summed E-state index contributed by atoms with van der Waals surface area (Å²) in [5.74, 6) is -0.407. The highest BCUT2D eigenvalue weighted by Gasteiger charge is 2.39. The summed E-state index contributed by atoms with van der Waals surface area (Å²) in [7, 11) is -7.43. The molecule has 0 radical (unpaired) electrons. The zero-order valence-corrected chi connectivity index (χ0v) is 18.1. The summed E-state index contributed by atoms with van der Waals surface area (Å²) in [6.07, 6.45) is 0.656. The molecule has 1 heterocycles. The fraction of sp³-hybridized carbons (Fsp3) is 0.381. The van der Waals surface area contributed by atoms with Crippen LogP contribution in [0.2, 0.25) is 0 Å². The van der Waals surface area contributed by atoms with Gasteiger partial charge in [-0.05, 0) is 56.9 Å². The lowest BCUT2D eigenvalue weighted by molar-refractivity contribution is 0.277. The Morgan fingerprint density at radius 2 is 1.31 bits per heavy atom. The molecule has 1 fully saturated rings. The first kappa shape index (κ1) is 21.5.